The van der Waals surface area contributed by atoms with Gasteiger partial charge in [0.15, 0.2) is 24.7 Å². The molecule has 5 heterocycles. The topological polar surface area (TPSA) is 249 Å². The van der Waals surface area contributed by atoms with E-state index in [0.29, 0.717) is 18.4 Å². The van der Waals surface area contributed by atoms with Crippen LogP contribution >= 0.6 is 0 Å². The predicted octanol–water partition coefficient (Wildman–Crippen LogP) is 5.65. The van der Waals surface area contributed by atoms with E-state index in [1.165, 1.54) is 21.3 Å². The molecule has 0 aromatic carbocycles. The highest BCUT2D eigenvalue weighted by atomic mass is 16.7. The molecule has 0 spiro atoms. The van der Waals surface area contributed by atoms with E-state index in [0.717, 1.165) is 23.1 Å². The van der Waals surface area contributed by atoms with E-state index < -0.39 is 134 Å². The summed E-state index contributed by atoms with van der Waals surface area (Å²) in [5, 5.41) is 68.5. The fraction of sp³-hybridized carbons (Fsp3) is 0.810. The van der Waals surface area contributed by atoms with Crippen LogP contribution in [-0.4, -0.2) is 193 Å². The van der Waals surface area contributed by atoms with Crippen LogP contribution in [0.15, 0.2) is 58.7 Å². The normalized spacial score (nSPS) is 46.2. The Hall–Kier alpha value is -2.51. The van der Waals surface area contributed by atoms with E-state index >= 15 is 0 Å². The third-order valence-corrected chi connectivity index (χ3v) is 16.1. The molecule has 19 nitrogen and oxygen atoms in total. The lowest BCUT2D eigenvalue weighted by atomic mass is 9.77. The van der Waals surface area contributed by atoms with Crippen molar-refractivity contribution in [1.29, 1.82) is 0 Å². The Balaban J connectivity index is 1.33. The highest BCUT2D eigenvalue weighted by molar-refractivity contribution is 5.88. The van der Waals surface area contributed by atoms with Gasteiger partial charge in [-0.05, 0) is 80.7 Å². The number of allylic oxidation sites excluding steroid dienone is 7. The number of carbonyl (C=O) groups is 1. The fourth-order valence-corrected chi connectivity index (χ4v) is 11.6. The van der Waals surface area contributed by atoms with Crippen LogP contribution < -0.4 is 0 Å². The van der Waals surface area contributed by atoms with E-state index in [1.807, 2.05) is 58.9 Å². The molecule has 5 aliphatic heterocycles. The third-order valence-electron chi connectivity index (χ3n) is 16.1. The number of ether oxygens (including phenoxy) is 12. The second-order valence-corrected chi connectivity index (χ2v) is 22.8. The molecule has 0 aromatic rings. The van der Waals surface area contributed by atoms with Crippen molar-refractivity contribution in [1.82, 2.24) is 0 Å². The number of hydrogen-bond acceptors (Lipinski definition) is 19. The van der Waals surface area contributed by atoms with Crippen molar-refractivity contribution in [2.24, 2.45) is 17.8 Å². The number of rotatable bonds is 15. The van der Waals surface area contributed by atoms with Gasteiger partial charge in [0, 0.05) is 83.9 Å². The Morgan fingerprint density at radius 3 is 2.12 bits per heavy atom. The number of methoxy groups -OCH3 is 4. The van der Waals surface area contributed by atoms with Crippen LogP contribution in [0.3, 0.4) is 0 Å². The van der Waals surface area contributed by atoms with Crippen LogP contribution in [0.5, 0.6) is 0 Å². The first-order valence-electron chi connectivity index (χ1n) is 27.7. The van der Waals surface area contributed by atoms with Crippen molar-refractivity contribution in [2.45, 2.75) is 249 Å². The number of hydrogen-bond donors (Lipinski definition) is 6. The highest BCUT2D eigenvalue weighted by Gasteiger charge is 2.53. The zero-order valence-electron chi connectivity index (χ0n) is 48.4. The number of cyclic esters (lactones) is 1. The van der Waals surface area contributed by atoms with Gasteiger partial charge in [0.2, 0.25) is 0 Å². The van der Waals surface area contributed by atoms with Crippen molar-refractivity contribution in [3.05, 3.63) is 58.7 Å². The van der Waals surface area contributed by atoms with E-state index in [-0.39, 0.29) is 50.7 Å². The molecule has 0 radical (unpaired) electrons. The van der Waals surface area contributed by atoms with Crippen molar-refractivity contribution < 1.29 is 92.3 Å². The average Bonchev–Trinajstić information content (AvgIpc) is 3.35. The zero-order chi connectivity index (χ0) is 57.1. The van der Waals surface area contributed by atoms with Gasteiger partial charge >= 0.3 is 5.97 Å². The molecule has 0 bridgehead atoms. The summed E-state index contributed by atoms with van der Waals surface area (Å²) in [6.45, 7) is 20.1. The monoisotopic (exact) mass is 1100 g/mol. The van der Waals surface area contributed by atoms with E-state index in [4.69, 9.17) is 56.8 Å². The lowest BCUT2D eigenvalue weighted by Gasteiger charge is -2.50. The molecule has 4 fully saturated rings. The van der Waals surface area contributed by atoms with Crippen LogP contribution in [-0.2, 0) is 61.6 Å². The average molecular weight is 1100 g/mol. The summed E-state index contributed by atoms with van der Waals surface area (Å²) < 4.78 is 72.9. The second kappa shape index (κ2) is 29.5. The molecule has 5 aliphatic rings. The highest BCUT2D eigenvalue weighted by Crippen LogP contribution is 2.43. The van der Waals surface area contributed by atoms with Gasteiger partial charge in [-0.3, -0.25) is 0 Å². The van der Waals surface area contributed by atoms with Crippen molar-refractivity contribution in [2.75, 3.05) is 35.0 Å². The maximum Gasteiger partial charge on any atom is 0.333 e. The summed E-state index contributed by atoms with van der Waals surface area (Å²) in [6.07, 6.45) is 0.145. The van der Waals surface area contributed by atoms with Crippen molar-refractivity contribution >= 4 is 5.97 Å². The van der Waals surface area contributed by atoms with Crippen LogP contribution in [0, 0.1) is 17.8 Å². The minimum absolute atomic E-state index is 0.0345. The van der Waals surface area contributed by atoms with E-state index in [9.17, 15) is 35.4 Å². The van der Waals surface area contributed by atoms with E-state index in [2.05, 4.69) is 6.08 Å². The predicted molar refractivity (Wildman–Crippen MR) is 285 cm³/mol. The molecule has 0 unspecified atom stereocenters. The Kier molecular flexibility index (Phi) is 25.0. The van der Waals surface area contributed by atoms with Gasteiger partial charge in [-0.15, -0.1) is 0 Å². The lowest BCUT2D eigenvalue weighted by Crippen LogP contribution is -2.60. The summed E-state index contributed by atoms with van der Waals surface area (Å²) in [7, 11) is 6.12. The van der Waals surface area contributed by atoms with Gasteiger partial charge in [0.25, 0.3) is 0 Å². The van der Waals surface area contributed by atoms with Crippen LogP contribution in [0.25, 0.3) is 0 Å². The SMILES string of the molecule is COC[C@@H](C[C@H]1O[C@@](O)(C[C@@H]2C[C@H](OC)CCC/C=C(C)/C=C/[C@@H](O[C@@H]3O[C@@H](C)[C@H](OC)[C@@H](O)[C@@H]3O)[C@H](C)/C=C(C)/C=C(C)\C=C(/C)C(=O)O2)[C@H](C)[C@@H](O)[C@H]1C)O[C@H]1C[C@](C)(O)[C@@H](O[C@H]2C[C@@H](OC)[C@H](O)[C@@H](C)O2)[C@H](C)O1. The summed E-state index contributed by atoms with van der Waals surface area (Å²) in [4.78, 5) is 14.1. The maximum absolute atomic E-state index is 14.1. The second-order valence-electron chi connectivity index (χ2n) is 22.8. The van der Waals surface area contributed by atoms with Gasteiger partial charge in [-0.25, -0.2) is 4.79 Å². The number of aliphatic hydroxyl groups is 6. The first kappa shape index (κ1) is 65.3. The Bertz CT molecular complexity index is 2010. The first-order valence-corrected chi connectivity index (χ1v) is 27.7. The molecule has 0 aliphatic carbocycles. The maximum atomic E-state index is 14.1. The summed E-state index contributed by atoms with van der Waals surface area (Å²) >= 11 is 0. The standard InChI is InChI=1S/C58H96O19/c1-31-18-16-17-19-41(67-13)25-42(74-55(63)35(5)24-33(3)22-32(2)23-34(4)44(21-20-31)75-56-52(62)51(61)53(69-15)39(9)72-56)28-58(65)37(7)49(59)36(6)45(77-58)26-43(30-66-12)73-48-29-57(11,64)54(40(10)71-48)76-47-27-46(68-14)50(60)38(8)70-47/h18,20-24,34,36-54,56,59-62,64-65H,16-17,19,25-30H2,1-15H3/b21-20+,31-18+,32-23+,33-22-,35-24+/t34-,36+,37-,38-,39+,40+,41-,42+,43-,44-,45-,46-,47+,48+,49+,50-,51+,52+,53+,54+,56+,57+,58+/m1/s1. The van der Waals surface area contributed by atoms with Crippen LogP contribution in [0.1, 0.15) is 128 Å². The molecule has 4 saturated heterocycles. The first-order chi connectivity index (χ1) is 36.2. The zero-order valence-corrected chi connectivity index (χ0v) is 48.4. The largest absolute Gasteiger partial charge is 0.459 e. The molecular formula is C58H96O19. The molecule has 6 N–H and O–H groups in total. The molecule has 442 valence electrons. The third kappa shape index (κ3) is 17.7. The van der Waals surface area contributed by atoms with Gasteiger partial charge in [0.1, 0.15) is 36.6 Å². The number of carbonyl (C=O) groups excluding carboxylic acids is 1. The summed E-state index contributed by atoms with van der Waals surface area (Å²) in [6, 6.07) is 0. The fourth-order valence-electron chi connectivity index (χ4n) is 11.6. The van der Waals surface area contributed by atoms with Gasteiger partial charge in [-0.2, -0.15) is 0 Å². The molecule has 5 rings (SSSR count). The van der Waals surface area contributed by atoms with Crippen molar-refractivity contribution in [3.63, 3.8) is 0 Å². The number of esters is 1. The minimum Gasteiger partial charge on any atom is -0.459 e. The Labute approximate surface area is 457 Å². The molecular weight excluding hydrogens is 1000 g/mol. The molecule has 0 amide bonds. The molecule has 77 heavy (non-hydrogen) atoms. The molecule has 0 aromatic heterocycles. The lowest BCUT2D eigenvalue weighted by molar-refractivity contribution is -0.343. The van der Waals surface area contributed by atoms with Gasteiger partial charge < -0.3 is 87.5 Å². The van der Waals surface area contributed by atoms with Crippen LogP contribution in [0.2, 0.25) is 0 Å². The summed E-state index contributed by atoms with van der Waals surface area (Å²) in [5.41, 5.74) is 1.54. The summed E-state index contributed by atoms with van der Waals surface area (Å²) in [5.74, 6) is -4.04. The van der Waals surface area contributed by atoms with E-state index in [1.54, 1.807) is 54.7 Å². The quantitative estimate of drug-likeness (QED) is 0.109. The van der Waals surface area contributed by atoms with Gasteiger partial charge in [0.05, 0.1) is 67.1 Å². The minimum atomic E-state index is -1.96. The molecule has 23 atom stereocenters. The molecule has 0 saturated carbocycles. The molecule has 19 heteroatoms. The number of aliphatic hydroxyl groups excluding tert-OH is 4. The Morgan fingerprint density at radius 1 is 0.766 bits per heavy atom. The Morgan fingerprint density at radius 2 is 1.47 bits per heavy atom. The van der Waals surface area contributed by atoms with Gasteiger partial charge in [-0.1, -0.05) is 67.9 Å². The smallest absolute Gasteiger partial charge is 0.333 e. The van der Waals surface area contributed by atoms with Crippen molar-refractivity contribution in [3.8, 4) is 0 Å². The van der Waals surface area contributed by atoms with Crippen LogP contribution in [0.4, 0.5) is 0 Å².